The van der Waals surface area contributed by atoms with Gasteiger partial charge >= 0.3 is 12.1 Å². The molecule has 0 saturated heterocycles. The Kier molecular flexibility index (Phi) is 11.8. The van der Waals surface area contributed by atoms with E-state index in [4.69, 9.17) is 18.9 Å². The summed E-state index contributed by atoms with van der Waals surface area (Å²) < 4.78 is 23.8. The summed E-state index contributed by atoms with van der Waals surface area (Å²) in [6.45, 7) is 6.00. The van der Waals surface area contributed by atoms with Gasteiger partial charge in [0.05, 0.1) is 17.7 Å². The number of carbonyl (C=O) groups excluding carboxylic acids is 3. The van der Waals surface area contributed by atoms with Crippen LogP contribution in [0.25, 0.3) is 0 Å². The van der Waals surface area contributed by atoms with Crippen LogP contribution in [0, 0.1) is 0 Å². The first-order valence-corrected chi connectivity index (χ1v) is 15.3. The molecule has 45 heavy (non-hydrogen) atoms. The predicted octanol–water partition coefficient (Wildman–Crippen LogP) is 8.56. The summed E-state index contributed by atoms with van der Waals surface area (Å²) in [5.74, 6) is 0.294. The number of halogens is 1. The monoisotopic (exact) mass is 673 g/mol. The summed E-state index contributed by atoms with van der Waals surface area (Å²) in [6, 6.07) is 27.5. The number of amides is 1. The van der Waals surface area contributed by atoms with E-state index >= 15 is 0 Å². The number of aldehydes is 1. The fraction of sp³-hybridized carbons (Fsp3) is 0.250. The highest BCUT2D eigenvalue weighted by Crippen LogP contribution is 2.35. The van der Waals surface area contributed by atoms with Gasteiger partial charge in [-0.2, -0.15) is 0 Å². The van der Waals surface area contributed by atoms with Crippen molar-refractivity contribution in [3.8, 4) is 11.5 Å². The summed E-state index contributed by atoms with van der Waals surface area (Å²) in [4.78, 5) is 37.4. The van der Waals surface area contributed by atoms with Crippen molar-refractivity contribution in [3.63, 3.8) is 0 Å². The van der Waals surface area contributed by atoms with Gasteiger partial charge in [-0.1, -0.05) is 76.6 Å². The molecule has 8 nitrogen and oxygen atoms in total. The fourth-order valence-corrected chi connectivity index (χ4v) is 4.86. The van der Waals surface area contributed by atoms with Gasteiger partial charge in [0.15, 0.2) is 17.8 Å². The molecule has 0 bridgehead atoms. The normalized spacial score (nSPS) is 10.9. The van der Waals surface area contributed by atoms with Crippen LogP contribution < -0.4 is 14.8 Å². The van der Waals surface area contributed by atoms with Crippen molar-refractivity contribution in [2.75, 3.05) is 11.9 Å². The number of nitrogens with one attached hydrogen (secondary N) is 1. The molecule has 4 rings (SSSR count). The molecule has 1 amide bonds. The highest BCUT2D eigenvalue weighted by molar-refractivity contribution is 9.10. The lowest BCUT2D eigenvalue weighted by molar-refractivity contribution is 0.0471. The smallest absolute Gasteiger partial charge is 0.412 e. The van der Waals surface area contributed by atoms with Crippen molar-refractivity contribution in [3.05, 3.63) is 123 Å². The first kappa shape index (κ1) is 33.3. The lowest BCUT2D eigenvalue weighted by atomic mass is 10.0. The number of benzene rings is 4. The summed E-state index contributed by atoms with van der Waals surface area (Å²) >= 11 is 3.44. The Labute approximate surface area is 271 Å². The zero-order valence-electron chi connectivity index (χ0n) is 25.5. The standard InChI is InChI=1S/C36H36BrNO7/c1-36(2,3)45-35(41)38-30-16-17-31(34(40)44-24-26-13-8-5-9-14-26)27(20-30)15-10-18-42-33-28(22-39)19-29(37)21-32(33)43-23-25-11-6-4-7-12-25/h4-9,11-14,16-17,19-22H,10,15,18,23-24H2,1-3H3,(H,38,41). The number of carbonyl (C=O) groups is 3. The van der Waals surface area contributed by atoms with E-state index in [1.54, 1.807) is 51.1 Å². The lowest BCUT2D eigenvalue weighted by Gasteiger charge is -2.20. The van der Waals surface area contributed by atoms with Crippen LogP contribution in [0.3, 0.4) is 0 Å². The molecule has 234 valence electrons. The van der Waals surface area contributed by atoms with Crippen LogP contribution in [0.2, 0.25) is 0 Å². The third-order valence-electron chi connectivity index (χ3n) is 6.43. The maximum atomic E-state index is 13.1. The van der Waals surface area contributed by atoms with E-state index in [1.807, 2.05) is 60.7 Å². The topological polar surface area (TPSA) is 100 Å². The van der Waals surface area contributed by atoms with Crippen LogP contribution in [0.4, 0.5) is 10.5 Å². The average molecular weight is 675 g/mol. The number of hydrogen-bond acceptors (Lipinski definition) is 7. The number of rotatable bonds is 13. The van der Waals surface area contributed by atoms with Gasteiger partial charge in [-0.05, 0) is 80.6 Å². The highest BCUT2D eigenvalue weighted by Gasteiger charge is 2.19. The number of ether oxygens (including phenoxy) is 4. The largest absolute Gasteiger partial charge is 0.489 e. The summed E-state index contributed by atoms with van der Waals surface area (Å²) in [6.07, 6.45) is 1.03. The predicted molar refractivity (Wildman–Crippen MR) is 176 cm³/mol. The van der Waals surface area contributed by atoms with Crippen LogP contribution in [0.5, 0.6) is 11.5 Å². The number of esters is 1. The Balaban J connectivity index is 1.48. The molecule has 0 aromatic heterocycles. The number of aryl methyl sites for hydroxylation is 1. The van der Waals surface area contributed by atoms with Crippen LogP contribution in [0.15, 0.2) is 95.5 Å². The van der Waals surface area contributed by atoms with Gasteiger partial charge in [-0.25, -0.2) is 9.59 Å². The number of hydrogen-bond donors (Lipinski definition) is 1. The Morgan fingerprint density at radius 3 is 2.16 bits per heavy atom. The van der Waals surface area contributed by atoms with E-state index in [-0.39, 0.29) is 13.2 Å². The molecule has 4 aromatic rings. The van der Waals surface area contributed by atoms with E-state index in [1.165, 1.54) is 0 Å². The van der Waals surface area contributed by atoms with E-state index < -0.39 is 17.7 Å². The second-order valence-corrected chi connectivity index (χ2v) is 12.1. The van der Waals surface area contributed by atoms with Crippen molar-refractivity contribution in [1.29, 1.82) is 0 Å². The van der Waals surface area contributed by atoms with Gasteiger partial charge < -0.3 is 18.9 Å². The number of anilines is 1. The summed E-state index contributed by atoms with van der Waals surface area (Å²) in [7, 11) is 0. The van der Waals surface area contributed by atoms with Gasteiger partial charge in [0.1, 0.15) is 18.8 Å². The maximum absolute atomic E-state index is 13.1. The van der Waals surface area contributed by atoms with E-state index in [9.17, 15) is 14.4 Å². The molecular weight excluding hydrogens is 638 g/mol. The maximum Gasteiger partial charge on any atom is 0.412 e. The first-order valence-electron chi connectivity index (χ1n) is 14.5. The van der Waals surface area contributed by atoms with E-state index in [0.29, 0.717) is 57.8 Å². The van der Waals surface area contributed by atoms with Crippen LogP contribution >= 0.6 is 15.9 Å². The molecule has 0 aliphatic rings. The van der Waals surface area contributed by atoms with Gasteiger partial charge in [0, 0.05) is 10.2 Å². The molecule has 0 heterocycles. The molecule has 0 fully saturated rings. The van der Waals surface area contributed by atoms with Crippen molar-refractivity contribution in [2.45, 2.75) is 52.4 Å². The Morgan fingerprint density at radius 2 is 1.51 bits per heavy atom. The van der Waals surface area contributed by atoms with Crippen LogP contribution in [-0.2, 0) is 29.1 Å². The highest BCUT2D eigenvalue weighted by atomic mass is 79.9. The Hall–Kier alpha value is -4.63. The molecule has 0 atom stereocenters. The van der Waals surface area contributed by atoms with Gasteiger partial charge in [0.2, 0.25) is 0 Å². The minimum Gasteiger partial charge on any atom is -0.489 e. The van der Waals surface area contributed by atoms with Gasteiger partial charge in [0.25, 0.3) is 0 Å². The summed E-state index contributed by atoms with van der Waals surface area (Å²) in [5, 5.41) is 2.73. The van der Waals surface area contributed by atoms with E-state index in [0.717, 1.165) is 17.4 Å². The third-order valence-corrected chi connectivity index (χ3v) is 6.89. The SMILES string of the molecule is CC(C)(C)OC(=O)Nc1ccc(C(=O)OCc2ccccc2)c(CCCOc2c(C=O)cc(Br)cc2OCc2ccccc2)c1. The van der Waals surface area contributed by atoms with Crippen molar-refractivity contribution in [2.24, 2.45) is 0 Å². The minimum atomic E-state index is -0.664. The zero-order valence-corrected chi connectivity index (χ0v) is 27.1. The minimum absolute atomic E-state index is 0.129. The van der Waals surface area contributed by atoms with Gasteiger partial charge in [-0.3, -0.25) is 10.1 Å². The lowest BCUT2D eigenvalue weighted by Crippen LogP contribution is -2.27. The average Bonchev–Trinajstić information content (AvgIpc) is 3.01. The molecule has 0 aliphatic heterocycles. The molecule has 0 radical (unpaired) electrons. The van der Waals surface area contributed by atoms with Crippen molar-refractivity contribution < 1.29 is 33.3 Å². The zero-order chi connectivity index (χ0) is 32.2. The quantitative estimate of drug-likeness (QED) is 0.0862. The molecule has 4 aromatic carbocycles. The first-order chi connectivity index (χ1) is 21.6. The van der Waals surface area contributed by atoms with Crippen molar-refractivity contribution in [1.82, 2.24) is 0 Å². The second-order valence-electron chi connectivity index (χ2n) is 11.2. The molecule has 0 spiro atoms. The van der Waals surface area contributed by atoms with Crippen molar-refractivity contribution >= 4 is 40.0 Å². The molecule has 9 heteroatoms. The molecule has 0 unspecified atom stereocenters. The van der Waals surface area contributed by atoms with E-state index in [2.05, 4.69) is 21.2 Å². The van der Waals surface area contributed by atoms with Crippen LogP contribution in [-0.4, -0.2) is 30.6 Å². The molecular formula is C36H36BrNO7. The second kappa shape index (κ2) is 15.9. The molecule has 1 N–H and O–H groups in total. The summed E-state index contributed by atoms with van der Waals surface area (Å²) in [5.41, 5.74) is 3.05. The van der Waals surface area contributed by atoms with Gasteiger partial charge in [-0.15, -0.1) is 0 Å². The molecule has 0 aliphatic carbocycles. The third kappa shape index (κ3) is 10.5. The molecule has 0 saturated carbocycles. The van der Waals surface area contributed by atoms with Crippen LogP contribution in [0.1, 0.15) is 64.6 Å². The Bertz CT molecular complexity index is 1600. The Morgan fingerprint density at radius 1 is 0.844 bits per heavy atom. The fourth-order valence-electron chi connectivity index (χ4n) is 4.41.